The average molecular weight is 341 g/mol. The molecule has 0 aromatic rings. The Morgan fingerprint density at radius 3 is 2.83 bits per heavy atom. The number of hydrogen-bond donors (Lipinski definition) is 3. The average Bonchev–Trinajstić information content (AvgIpc) is 2.81. The molecule has 2 rings (SSSR count). The lowest BCUT2D eigenvalue weighted by atomic mass is 9.78. The highest BCUT2D eigenvalue weighted by Gasteiger charge is 2.52. The summed E-state index contributed by atoms with van der Waals surface area (Å²) in [6, 6.07) is 0. The molecule has 0 aromatic heterocycles. The van der Waals surface area contributed by atoms with Crippen LogP contribution < -0.4 is 11.5 Å². The monoisotopic (exact) mass is 341 g/mol. The van der Waals surface area contributed by atoms with Crippen LogP contribution >= 0.6 is 0 Å². The number of nitrogens with two attached hydrogens (primary N) is 2. The van der Waals surface area contributed by atoms with Gasteiger partial charge in [-0.1, -0.05) is 6.42 Å². The van der Waals surface area contributed by atoms with Crippen LogP contribution in [-0.2, 0) is 18.9 Å². The summed E-state index contributed by atoms with van der Waals surface area (Å²) in [5.41, 5.74) is 8.71. The van der Waals surface area contributed by atoms with Gasteiger partial charge in [-0.2, -0.15) is 0 Å². The van der Waals surface area contributed by atoms with Gasteiger partial charge in [-0.25, -0.2) is 0 Å². The number of ketones is 1. The van der Waals surface area contributed by atoms with Crippen molar-refractivity contribution in [1.82, 2.24) is 4.90 Å². The molecule has 0 aliphatic carbocycles. The maximum absolute atomic E-state index is 12.6. The fourth-order valence-corrected chi connectivity index (χ4v) is 3.41. The molecule has 0 unspecified atom stereocenters. The highest BCUT2D eigenvalue weighted by atomic mass is 16.6. The number of carbonyl (C=O) groups is 2. The summed E-state index contributed by atoms with van der Waals surface area (Å²) in [5.74, 6) is -1.05. The van der Waals surface area contributed by atoms with Crippen molar-refractivity contribution < 1.29 is 24.0 Å². The molecule has 1 amide bonds. The molecule has 2 aliphatic heterocycles. The Balaban J connectivity index is 2.11. The first kappa shape index (κ1) is 19.3. The number of rotatable bonds is 3. The highest BCUT2D eigenvalue weighted by molar-refractivity contribution is 6.44. The molecule has 0 aromatic carbocycles. The Labute approximate surface area is 143 Å². The lowest BCUT2D eigenvalue weighted by molar-refractivity contribution is -0.148. The molecular formula is C15H28BN3O5. The lowest BCUT2D eigenvalue weighted by Gasteiger charge is -2.28. The molecule has 0 saturated carbocycles. The van der Waals surface area contributed by atoms with E-state index in [9.17, 15) is 14.7 Å². The molecule has 0 bridgehead atoms. The highest BCUT2D eigenvalue weighted by Crippen LogP contribution is 2.33. The zero-order chi connectivity index (χ0) is 18.1. The molecule has 2 aliphatic rings. The largest absolute Gasteiger partial charge is 0.457 e. The lowest BCUT2D eigenvalue weighted by Crippen LogP contribution is -2.58. The number of amides is 1. The van der Waals surface area contributed by atoms with Crippen LogP contribution in [0.4, 0.5) is 0 Å². The van der Waals surface area contributed by atoms with E-state index in [1.807, 2.05) is 13.8 Å². The van der Waals surface area contributed by atoms with E-state index >= 15 is 0 Å². The Hall–Kier alpha value is -0.995. The SMILES string of the molecule is CC(C)OB1CCC[C@H]2CN(C(=O)[C@@](C)(N)O)C[C@@]2(N)C(=O)CO1. The van der Waals surface area contributed by atoms with Crippen LogP contribution in [0.3, 0.4) is 0 Å². The number of likely N-dealkylation sites (tertiary alicyclic amines) is 1. The van der Waals surface area contributed by atoms with Gasteiger partial charge in [0.25, 0.3) is 5.91 Å². The quantitative estimate of drug-likeness (QED) is 0.448. The fraction of sp³-hybridized carbons (Fsp3) is 0.867. The summed E-state index contributed by atoms with van der Waals surface area (Å²) in [4.78, 5) is 26.2. The van der Waals surface area contributed by atoms with Gasteiger partial charge in [0.2, 0.25) is 0 Å². The minimum absolute atomic E-state index is 0.0112. The van der Waals surface area contributed by atoms with Crippen molar-refractivity contribution in [2.75, 3.05) is 19.7 Å². The molecule has 9 heteroatoms. The van der Waals surface area contributed by atoms with Crippen molar-refractivity contribution in [2.45, 2.75) is 57.3 Å². The van der Waals surface area contributed by atoms with E-state index in [1.165, 1.54) is 11.8 Å². The van der Waals surface area contributed by atoms with Crippen LogP contribution in [0.25, 0.3) is 0 Å². The van der Waals surface area contributed by atoms with Gasteiger partial charge < -0.3 is 25.0 Å². The van der Waals surface area contributed by atoms with Crippen molar-refractivity contribution in [3.63, 3.8) is 0 Å². The molecule has 136 valence electrons. The predicted molar refractivity (Wildman–Crippen MR) is 88.8 cm³/mol. The molecule has 0 spiro atoms. The summed E-state index contributed by atoms with van der Waals surface area (Å²) in [6.45, 7) is 5.26. The molecule has 3 atom stereocenters. The topological polar surface area (TPSA) is 128 Å². The summed E-state index contributed by atoms with van der Waals surface area (Å²) in [6.07, 6.45) is 2.13. The Morgan fingerprint density at radius 1 is 1.58 bits per heavy atom. The second-order valence-electron chi connectivity index (χ2n) is 7.35. The number of Topliss-reactive ketones (excluding diaryl/α,β-unsaturated/α-hetero) is 1. The van der Waals surface area contributed by atoms with Gasteiger partial charge in [0.05, 0.1) is 12.1 Å². The van der Waals surface area contributed by atoms with E-state index in [4.69, 9.17) is 20.8 Å². The summed E-state index contributed by atoms with van der Waals surface area (Å²) < 4.78 is 11.3. The number of carbonyl (C=O) groups excluding carboxylic acids is 2. The van der Waals surface area contributed by atoms with Gasteiger partial charge in [0.15, 0.2) is 11.5 Å². The molecule has 8 nitrogen and oxygen atoms in total. The van der Waals surface area contributed by atoms with E-state index in [-0.39, 0.29) is 31.0 Å². The smallest absolute Gasteiger partial charge is 0.409 e. The van der Waals surface area contributed by atoms with Crippen LogP contribution in [0.2, 0.25) is 6.32 Å². The van der Waals surface area contributed by atoms with Gasteiger partial charge in [-0.05, 0) is 33.5 Å². The van der Waals surface area contributed by atoms with Crippen LogP contribution in [0.15, 0.2) is 0 Å². The first-order valence-electron chi connectivity index (χ1n) is 8.44. The standard InChI is InChI=1S/C15H28BN3O5/c1-10(2)24-16-6-4-5-11-7-19(13(21)14(3,17)22)9-15(11,18)12(20)8-23-16/h10-11,22H,4-9,17-18H2,1-3H3/t11-,14-,15-/m0/s1. The number of aliphatic hydroxyl groups is 1. The molecule has 0 radical (unpaired) electrons. The van der Waals surface area contributed by atoms with E-state index in [2.05, 4.69) is 0 Å². The third kappa shape index (κ3) is 4.15. The van der Waals surface area contributed by atoms with Crippen molar-refractivity contribution in [1.29, 1.82) is 0 Å². The number of hydrogen-bond acceptors (Lipinski definition) is 7. The fourth-order valence-electron chi connectivity index (χ4n) is 3.41. The molecule has 2 heterocycles. The molecule has 5 N–H and O–H groups in total. The summed E-state index contributed by atoms with van der Waals surface area (Å²) in [5, 5.41) is 9.72. The van der Waals surface area contributed by atoms with E-state index in [1.54, 1.807) is 0 Å². The third-order valence-electron chi connectivity index (χ3n) is 4.68. The number of nitrogens with zero attached hydrogens (tertiary/aromatic N) is 1. The Morgan fingerprint density at radius 2 is 2.25 bits per heavy atom. The van der Waals surface area contributed by atoms with Gasteiger partial charge in [-0.15, -0.1) is 0 Å². The first-order chi connectivity index (χ1) is 11.0. The van der Waals surface area contributed by atoms with Crippen molar-refractivity contribution in [2.24, 2.45) is 17.4 Å². The maximum Gasteiger partial charge on any atom is 0.457 e. The minimum atomic E-state index is -1.97. The van der Waals surface area contributed by atoms with Crippen LogP contribution in [0.5, 0.6) is 0 Å². The molecule has 2 fully saturated rings. The maximum atomic E-state index is 12.6. The van der Waals surface area contributed by atoms with E-state index in [0.29, 0.717) is 19.3 Å². The predicted octanol–water partition coefficient (Wildman–Crippen LogP) is -0.898. The molecular weight excluding hydrogens is 313 g/mol. The van der Waals surface area contributed by atoms with Crippen LogP contribution in [0.1, 0.15) is 33.6 Å². The van der Waals surface area contributed by atoms with Crippen molar-refractivity contribution in [3.8, 4) is 0 Å². The Kier molecular flexibility index (Phi) is 5.71. The van der Waals surface area contributed by atoms with E-state index in [0.717, 1.165) is 6.42 Å². The first-order valence-corrected chi connectivity index (χ1v) is 8.44. The second-order valence-corrected chi connectivity index (χ2v) is 7.35. The zero-order valence-electron chi connectivity index (χ0n) is 14.7. The second kappa shape index (κ2) is 7.09. The molecule has 24 heavy (non-hydrogen) atoms. The summed E-state index contributed by atoms with van der Waals surface area (Å²) >= 11 is 0. The van der Waals surface area contributed by atoms with Crippen molar-refractivity contribution >= 4 is 18.8 Å². The number of fused-ring (bicyclic) bond motifs is 1. The zero-order valence-corrected chi connectivity index (χ0v) is 14.7. The van der Waals surface area contributed by atoms with Crippen LogP contribution in [0, 0.1) is 5.92 Å². The van der Waals surface area contributed by atoms with Gasteiger partial charge in [0.1, 0.15) is 0 Å². The van der Waals surface area contributed by atoms with Crippen LogP contribution in [-0.4, -0.2) is 65.9 Å². The molecule has 2 saturated heterocycles. The van der Waals surface area contributed by atoms with Crippen molar-refractivity contribution in [3.05, 3.63) is 0 Å². The normalized spacial score (nSPS) is 31.3. The van der Waals surface area contributed by atoms with Gasteiger partial charge in [0, 0.05) is 25.1 Å². The third-order valence-corrected chi connectivity index (χ3v) is 4.68. The van der Waals surface area contributed by atoms with Gasteiger partial charge in [-0.3, -0.25) is 15.3 Å². The summed E-state index contributed by atoms with van der Waals surface area (Å²) in [7, 11) is -0.418. The Bertz CT molecular complexity index is 496. The van der Waals surface area contributed by atoms with E-state index < -0.39 is 24.3 Å². The minimum Gasteiger partial charge on any atom is -0.409 e. The van der Waals surface area contributed by atoms with Gasteiger partial charge >= 0.3 is 7.12 Å².